The summed E-state index contributed by atoms with van der Waals surface area (Å²) in [4.78, 5) is 16.6. The molecular formula is C19H19N3O2. The minimum atomic E-state index is -0.295. The standard InChI is InChI=1S/C19H19N3O2/c1-12-7-4-5-8-16(12)22-13(2)11-15(14(22)3)19(24)21-18-17(23)9-6-10-20-18/h4-11,23H,1-3H3,(H,20,21,24). The number of aromatic nitrogens is 2. The first-order valence-electron chi connectivity index (χ1n) is 7.69. The van der Waals surface area contributed by atoms with Gasteiger partial charge in [-0.1, -0.05) is 18.2 Å². The van der Waals surface area contributed by atoms with Gasteiger partial charge in [0.05, 0.1) is 5.56 Å². The summed E-state index contributed by atoms with van der Waals surface area (Å²) in [6, 6.07) is 13.0. The first kappa shape index (κ1) is 15.8. The Morgan fingerprint density at radius 2 is 1.88 bits per heavy atom. The molecule has 0 aliphatic rings. The van der Waals surface area contributed by atoms with Crippen molar-refractivity contribution in [3.8, 4) is 11.4 Å². The second kappa shape index (κ2) is 6.20. The highest BCUT2D eigenvalue weighted by Gasteiger charge is 2.18. The maximum absolute atomic E-state index is 12.6. The summed E-state index contributed by atoms with van der Waals surface area (Å²) >= 11 is 0. The molecule has 2 aromatic heterocycles. The number of rotatable bonds is 3. The van der Waals surface area contributed by atoms with Crippen LogP contribution in [0.25, 0.3) is 5.69 Å². The van der Waals surface area contributed by atoms with Crippen LogP contribution in [0.15, 0.2) is 48.7 Å². The molecule has 0 fully saturated rings. The van der Waals surface area contributed by atoms with E-state index in [4.69, 9.17) is 0 Å². The highest BCUT2D eigenvalue weighted by atomic mass is 16.3. The van der Waals surface area contributed by atoms with Crippen LogP contribution in [-0.4, -0.2) is 20.6 Å². The van der Waals surface area contributed by atoms with Crippen LogP contribution in [0.4, 0.5) is 5.82 Å². The summed E-state index contributed by atoms with van der Waals surface area (Å²) in [5.74, 6) is -0.196. The number of aryl methyl sites for hydroxylation is 2. The quantitative estimate of drug-likeness (QED) is 0.772. The summed E-state index contributed by atoms with van der Waals surface area (Å²) in [5.41, 5.74) is 4.55. The van der Waals surface area contributed by atoms with E-state index in [0.717, 1.165) is 22.6 Å². The number of nitrogens with one attached hydrogen (secondary N) is 1. The van der Waals surface area contributed by atoms with E-state index in [-0.39, 0.29) is 17.5 Å². The van der Waals surface area contributed by atoms with E-state index in [9.17, 15) is 9.90 Å². The molecule has 0 aliphatic heterocycles. The molecule has 24 heavy (non-hydrogen) atoms. The fraction of sp³-hybridized carbons (Fsp3) is 0.158. The van der Waals surface area contributed by atoms with Crippen molar-refractivity contribution in [2.75, 3.05) is 5.32 Å². The summed E-state index contributed by atoms with van der Waals surface area (Å²) in [7, 11) is 0. The molecule has 0 bridgehead atoms. The average Bonchev–Trinajstić information content (AvgIpc) is 2.85. The molecule has 0 saturated carbocycles. The Balaban J connectivity index is 1.99. The predicted octanol–water partition coefficient (Wildman–Crippen LogP) is 3.76. The van der Waals surface area contributed by atoms with Gasteiger partial charge in [-0.3, -0.25) is 4.79 Å². The lowest BCUT2D eigenvalue weighted by Crippen LogP contribution is -2.14. The summed E-state index contributed by atoms with van der Waals surface area (Å²) < 4.78 is 2.06. The Hall–Kier alpha value is -3.08. The number of carbonyl (C=O) groups is 1. The molecule has 0 aliphatic carbocycles. The van der Waals surface area contributed by atoms with Gasteiger partial charge in [-0.15, -0.1) is 0 Å². The summed E-state index contributed by atoms with van der Waals surface area (Å²) in [6.07, 6.45) is 1.52. The average molecular weight is 321 g/mol. The molecule has 5 nitrogen and oxygen atoms in total. The molecular weight excluding hydrogens is 302 g/mol. The molecule has 122 valence electrons. The normalized spacial score (nSPS) is 10.6. The molecule has 5 heteroatoms. The third-order valence-electron chi connectivity index (χ3n) is 4.05. The van der Waals surface area contributed by atoms with E-state index in [2.05, 4.69) is 14.9 Å². The number of aromatic hydroxyl groups is 1. The monoisotopic (exact) mass is 321 g/mol. The highest BCUT2D eigenvalue weighted by Crippen LogP contribution is 2.25. The number of hydrogen-bond acceptors (Lipinski definition) is 3. The van der Waals surface area contributed by atoms with Crippen molar-refractivity contribution in [1.82, 2.24) is 9.55 Å². The minimum absolute atomic E-state index is 0.0569. The second-order valence-electron chi connectivity index (χ2n) is 5.73. The van der Waals surface area contributed by atoms with E-state index in [1.54, 1.807) is 6.07 Å². The van der Waals surface area contributed by atoms with Crippen molar-refractivity contribution in [1.29, 1.82) is 0 Å². The van der Waals surface area contributed by atoms with Gasteiger partial charge in [0, 0.05) is 23.3 Å². The van der Waals surface area contributed by atoms with Crippen molar-refractivity contribution >= 4 is 11.7 Å². The van der Waals surface area contributed by atoms with Gasteiger partial charge in [0.1, 0.15) is 0 Å². The third-order valence-corrected chi connectivity index (χ3v) is 4.05. The van der Waals surface area contributed by atoms with Gasteiger partial charge in [-0.2, -0.15) is 0 Å². The molecule has 1 amide bonds. The Morgan fingerprint density at radius 1 is 1.12 bits per heavy atom. The number of amides is 1. The van der Waals surface area contributed by atoms with Crippen molar-refractivity contribution in [3.63, 3.8) is 0 Å². The first-order valence-corrected chi connectivity index (χ1v) is 7.69. The van der Waals surface area contributed by atoms with Crippen molar-refractivity contribution < 1.29 is 9.90 Å². The highest BCUT2D eigenvalue weighted by molar-refractivity contribution is 6.05. The summed E-state index contributed by atoms with van der Waals surface area (Å²) in [6.45, 7) is 5.92. The number of nitrogens with zero attached hydrogens (tertiary/aromatic N) is 2. The lowest BCUT2D eigenvalue weighted by Gasteiger charge is -2.12. The Kier molecular flexibility index (Phi) is 4.08. The first-order chi connectivity index (χ1) is 11.5. The Bertz CT molecular complexity index is 913. The SMILES string of the molecule is Cc1ccccc1-n1c(C)cc(C(=O)Nc2ncccc2O)c1C. The molecule has 0 radical (unpaired) electrons. The second-order valence-corrected chi connectivity index (χ2v) is 5.73. The number of anilines is 1. The third kappa shape index (κ3) is 2.76. The number of carbonyl (C=O) groups excluding carboxylic acids is 1. The van der Waals surface area contributed by atoms with Crippen LogP contribution in [0.5, 0.6) is 5.75 Å². The van der Waals surface area contributed by atoms with E-state index in [0.29, 0.717) is 5.56 Å². The minimum Gasteiger partial charge on any atom is -0.504 e. The molecule has 0 spiro atoms. The maximum atomic E-state index is 12.6. The number of pyridine rings is 1. The van der Waals surface area contributed by atoms with Gasteiger partial charge in [0.15, 0.2) is 11.6 Å². The van der Waals surface area contributed by atoms with Gasteiger partial charge in [0.2, 0.25) is 0 Å². The maximum Gasteiger partial charge on any atom is 0.258 e. The van der Waals surface area contributed by atoms with Crippen LogP contribution in [-0.2, 0) is 0 Å². The van der Waals surface area contributed by atoms with E-state index >= 15 is 0 Å². The molecule has 2 N–H and O–H groups in total. The van der Waals surface area contributed by atoms with Gasteiger partial charge in [-0.05, 0) is 50.6 Å². The smallest absolute Gasteiger partial charge is 0.258 e. The van der Waals surface area contributed by atoms with Crippen LogP contribution >= 0.6 is 0 Å². The lowest BCUT2D eigenvalue weighted by molar-refractivity contribution is 0.102. The van der Waals surface area contributed by atoms with Gasteiger partial charge in [0.25, 0.3) is 5.91 Å². The molecule has 2 heterocycles. The summed E-state index contributed by atoms with van der Waals surface area (Å²) in [5, 5.41) is 12.4. The predicted molar refractivity (Wildman–Crippen MR) is 93.8 cm³/mol. The fourth-order valence-corrected chi connectivity index (χ4v) is 2.85. The number of para-hydroxylation sites is 1. The molecule has 0 atom stereocenters. The van der Waals surface area contributed by atoms with Gasteiger partial charge >= 0.3 is 0 Å². The van der Waals surface area contributed by atoms with E-state index < -0.39 is 0 Å². The molecule has 3 aromatic rings. The van der Waals surface area contributed by atoms with E-state index in [1.807, 2.05) is 51.1 Å². The zero-order valence-corrected chi connectivity index (χ0v) is 13.9. The van der Waals surface area contributed by atoms with Crippen LogP contribution in [0.2, 0.25) is 0 Å². The van der Waals surface area contributed by atoms with Gasteiger partial charge < -0.3 is 15.0 Å². The van der Waals surface area contributed by atoms with Gasteiger partial charge in [-0.25, -0.2) is 4.98 Å². The van der Waals surface area contributed by atoms with Crippen LogP contribution in [0.1, 0.15) is 27.3 Å². The van der Waals surface area contributed by atoms with Crippen molar-refractivity contribution in [2.24, 2.45) is 0 Å². The van der Waals surface area contributed by atoms with Crippen LogP contribution < -0.4 is 5.32 Å². The fourth-order valence-electron chi connectivity index (χ4n) is 2.85. The molecule has 0 unspecified atom stereocenters. The number of hydrogen-bond donors (Lipinski definition) is 2. The molecule has 0 saturated heterocycles. The lowest BCUT2D eigenvalue weighted by atomic mass is 10.2. The largest absolute Gasteiger partial charge is 0.504 e. The Labute approximate surface area is 140 Å². The Morgan fingerprint density at radius 3 is 2.58 bits per heavy atom. The number of benzene rings is 1. The zero-order chi connectivity index (χ0) is 17.3. The van der Waals surface area contributed by atoms with Crippen molar-refractivity contribution in [2.45, 2.75) is 20.8 Å². The molecule has 1 aromatic carbocycles. The van der Waals surface area contributed by atoms with Crippen LogP contribution in [0, 0.1) is 20.8 Å². The van der Waals surface area contributed by atoms with Crippen molar-refractivity contribution in [3.05, 3.63) is 71.2 Å². The topological polar surface area (TPSA) is 67.2 Å². The molecule has 3 rings (SSSR count). The van der Waals surface area contributed by atoms with E-state index in [1.165, 1.54) is 12.3 Å². The zero-order valence-electron chi connectivity index (χ0n) is 13.9. The van der Waals surface area contributed by atoms with Crippen LogP contribution in [0.3, 0.4) is 0 Å².